The fourth-order valence-corrected chi connectivity index (χ4v) is 1.35. The van der Waals surface area contributed by atoms with E-state index in [1.165, 1.54) is 0 Å². The summed E-state index contributed by atoms with van der Waals surface area (Å²) in [6.45, 7) is 9.91. The molecule has 0 spiro atoms. The minimum Gasteiger partial charge on any atom is -0.252 e. The molecule has 0 saturated heterocycles. The highest BCUT2D eigenvalue weighted by molar-refractivity contribution is 6.31. The number of aromatic nitrogens is 1. The van der Waals surface area contributed by atoms with Crippen LogP contribution in [0.1, 0.15) is 33.4 Å². The van der Waals surface area contributed by atoms with Gasteiger partial charge in [-0.1, -0.05) is 57.5 Å². The largest absolute Gasteiger partial charge is 0.252 e. The van der Waals surface area contributed by atoms with Crippen molar-refractivity contribution >= 4 is 22.5 Å². The van der Waals surface area contributed by atoms with E-state index in [1.807, 2.05) is 65.0 Å². The molecule has 2 heteroatoms. The van der Waals surface area contributed by atoms with Crippen molar-refractivity contribution in [2.24, 2.45) is 0 Å². The average molecular weight is 238 g/mol. The van der Waals surface area contributed by atoms with Gasteiger partial charge in [0.1, 0.15) is 0 Å². The third kappa shape index (κ3) is 3.82. The van der Waals surface area contributed by atoms with Crippen LogP contribution in [0.25, 0.3) is 10.9 Å². The van der Waals surface area contributed by atoms with E-state index < -0.39 is 0 Å². The average Bonchev–Trinajstić information content (AvgIpc) is 2.36. The molecule has 0 N–H and O–H groups in total. The van der Waals surface area contributed by atoms with Crippen LogP contribution in [0.3, 0.4) is 0 Å². The van der Waals surface area contributed by atoms with Gasteiger partial charge in [0.2, 0.25) is 0 Å². The summed E-state index contributed by atoms with van der Waals surface area (Å²) >= 11 is 5.93. The molecular formula is C14H20ClN. The highest BCUT2D eigenvalue weighted by Crippen LogP contribution is 2.19. The first kappa shape index (κ1) is 14.9. The summed E-state index contributed by atoms with van der Waals surface area (Å²) in [5.41, 5.74) is 1.88. The molecule has 0 unspecified atom stereocenters. The quantitative estimate of drug-likeness (QED) is 0.610. The van der Waals surface area contributed by atoms with Crippen LogP contribution < -0.4 is 0 Å². The number of para-hydroxylation sites is 1. The van der Waals surface area contributed by atoms with Gasteiger partial charge in [-0.3, -0.25) is 4.98 Å². The van der Waals surface area contributed by atoms with Gasteiger partial charge in [0.05, 0.1) is 16.2 Å². The van der Waals surface area contributed by atoms with Crippen LogP contribution in [0.15, 0.2) is 30.3 Å². The molecule has 16 heavy (non-hydrogen) atoms. The van der Waals surface area contributed by atoms with Gasteiger partial charge in [0.25, 0.3) is 0 Å². The first-order valence-electron chi connectivity index (χ1n) is 5.79. The molecule has 1 heterocycles. The molecule has 0 fully saturated rings. The summed E-state index contributed by atoms with van der Waals surface area (Å²) in [6, 6.07) is 9.89. The van der Waals surface area contributed by atoms with E-state index in [2.05, 4.69) is 4.98 Å². The molecule has 88 valence electrons. The number of rotatable bonds is 0. The number of fused-ring (bicyclic) bond motifs is 1. The Morgan fingerprint density at radius 3 is 2.19 bits per heavy atom. The number of nitrogens with zero attached hydrogens (tertiary/aromatic N) is 1. The molecule has 0 aliphatic rings. The zero-order valence-electron chi connectivity index (χ0n) is 10.7. The highest BCUT2D eigenvalue weighted by Gasteiger charge is 1.98. The predicted molar refractivity (Wildman–Crippen MR) is 74.2 cm³/mol. The smallest absolute Gasteiger partial charge is 0.0706 e. The first-order chi connectivity index (χ1) is 7.77. The van der Waals surface area contributed by atoms with Crippen LogP contribution in [0.2, 0.25) is 5.02 Å². The molecule has 0 atom stereocenters. The Balaban J connectivity index is 0.000000509. The fraction of sp³-hybridized carbons (Fsp3) is 0.357. The van der Waals surface area contributed by atoms with E-state index in [4.69, 9.17) is 11.6 Å². The monoisotopic (exact) mass is 237 g/mol. The minimum absolute atomic E-state index is 0.730. The van der Waals surface area contributed by atoms with Crippen LogP contribution >= 0.6 is 11.6 Å². The second-order valence-electron chi connectivity index (χ2n) is 2.75. The van der Waals surface area contributed by atoms with E-state index in [0.29, 0.717) is 0 Å². The SMILES string of the molecule is CC.CC.Cc1nc2ccccc2cc1Cl. The number of benzene rings is 1. The van der Waals surface area contributed by atoms with Gasteiger partial charge in [0.15, 0.2) is 0 Å². The maximum atomic E-state index is 5.93. The normalized spacial score (nSPS) is 8.62. The van der Waals surface area contributed by atoms with Gasteiger partial charge in [-0.25, -0.2) is 0 Å². The number of hydrogen-bond acceptors (Lipinski definition) is 1. The van der Waals surface area contributed by atoms with Gasteiger partial charge in [0, 0.05) is 5.39 Å². The Bertz CT molecular complexity index is 384. The van der Waals surface area contributed by atoms with Crippen molar-refractivity contribution in [2.75, 3.05) is 0 Å². The molecule has 2 aromatic rings. The van der Waals surface area contributed by atoms with Crippen molar-refractivity contribution < 1.29 is 0 Å². The van der Waals surface area contributed by atoms with Gasteiger partial charge < -0.3 is 0 Å². The lowest BCUT2D eigenvalue weighted by Gasteiger charge is -1.99. The summed E-state index contributed by atoms with van der Waals surface area (Å²) < 4.78 is 0. The summed E-state index contributed by atoms with van der Waals surface area (Å²) in [4.78, 5) is 4.34. The second-order valence-corrected chi connectivity index (χ2v) is 3.16. The molecule has 0 saturated carbocycles. The molecule has 2 rings (SSSR count). The molecule has 0 aliphatic carbocycles. The van der Waals surface area contributed by atoms with Crippen LogP contribution in [-0.4, -0.2) is 4.98 Å². The van der Waals surface area contributed by atoms with E-state index in [1.54, 1.807) is 0 Å². The molecule has 0 amide bonds. The standard InChI is InChI=1S/C10H8ClN.2C2H6/c1-7-9(11)6-8-4-2-3-5-10(8)12-7;2*1-2/h2-6H,1H3;2*1-2H3. The summed E-state index contributed by atoms with van der Waals surface area (Å²) in [6.07, 6.45) is 0. The first-order valence-corrected chi connectivity index (χ1v) is 6.17. The minimum atomic E-state index is 0.730. The number of pyridine rings is 1. The zero-order chi connectivity index (χ0) is 12.6. The van der Waals surface area contributed by atoms with Crippen molar-refractivity contribution in [3.8, 4) is 0 Å². The summed E-state index contributed by atoms with van der Waals surface area (Å²) in [5, 5.41) is 1.82. The fourth-order valence-electron chi connectivity index (χ4n) is 1.19. The number of hydrogen-bond donors (Lipinski definition) is 0. The third-order valence-electron chi connectivity index (χ3n) is 1.85. The van der Waals surface area contributed by atoms with E-state index in [9.17, 15) is 0 Å². The van der Waals surface area contributed by atoms with E-state index in [-0.39, 0.29) is 0 Å². The molecule has 1 aromatic carbocycles. The molecule has 1 nitrogen and oxygen atoms in total. The van der Waals surface area contributed by atoms with Gasteiger partial charge in [-0.15, -0.1) is 0 Å². The van der Waals surface area contributed by atoms with Crippen molar-refractivity contribution in [2.45, 2.75) is 34.6 Å². The Kier molecular flexibility index (Phi) is 7.57. The summed E-state index contributed by atoms with van der Waals surface area (Å²) in [5.74, 6) is 0. The molecular weight excluding hydrogens is 218 g/mol. The Hall–Kier alpha value is -1.08. The van der Waals surface area contributed by atoms with Gasteiger partial charge in [-0.2, -0.15) is 0 Å². The van der Waals surface area contributed by atoms with Crippen LogP contribution in [0.5, 0.6) is 0 Å². The molecule has 0 radical (unpaired) electrons. The summed E-state index contributed by atoms with van der Waals surface area (Å²) in [7, 11) is 0. The lowest BCUT2D eigenvalue weighted by atomic mass is 10.2. The van der Waals surface area contributed by atoms with Crippen molar-refractivity contribution in [3.05, 3.63) is 41.0 Å². The van der Waals surface area contributed by atoms with Crippen molar-refractivity contribution in [3.63, 3.8) is 0 Å². The maximum Gasteiger partial charge on any atom is 0.0706 e. The number of aryl methyl sites for hydroxylation is 1. The van der Waals surface area contributed by atoms with Crippen LogP contribution in [0, 0.1) is 6.92 Å². The second kappa shape index (κ2) is 8.12. The molecule has 0 bridgehead atoms. The Morgan fingerprint density at radius 2 is 1.56 bits per heavy atom. The molecule has 1 aromatic heterocycles. The van der Waals surface area contributed by atoms with Crippen LogP contribution in [0.4, 0.5) is 0 Å². The highest BCUT2D eigenvalue weighted by atomic mass is 35.5. The van der Waals surface area contributed by atoms with Crippen LogP contribution in [-0.2, 0) is 0 Å². The maximum absolute atomic E-state index is 5.93. The van der Waals surface area contributed by atoms with Crippen molar-refractivity contribution in [1.29, 1.82) is 0 Å². The van der Waals surface area contributed by atoms with Gasteiger partial charge >= 0.3 is 0 Å². The Labute approximate surface area is 103 Å². The van der Waals surface area contributed by atoms with E-state index >= 15 is 0 Å². The lowest BCUT2D eigenvalue weighted by molar-refractivity contribution is 1.26. The van der Waals surface area contributed by atoms with E-state index in [0.717, 1.165) is 21.6 Å². The van der Waals surface area contributed by atoms with Crippen molar-refractivity contribution in [1.82, 2.24) is 4.98 Å². The Morgan fingerprint density at radius 1 is 1.00 bits per heavy atom. The topological polar surface area (TPSA) is 12.9 Å². The number of halogens is 1. The zero-order valence-corrected chi connectivity index (χ0v) is 11.5. The lowest BCUT2D eigenvalue weighted by Crippen LogP contribution is -1.83. The third-order valence-corrected chi connectivity index (χ3v) is 2.24. The predicted octanol–water partition coefficient (Wildman–Crippen LogP) is 5.25. The molecule has 0 aliphatic heterocycles. The van der Waals surface area contributed by atoms with Gasteiger partial charge in [-0.05, 0) is 19.1 Å².